The van der Waals surface area contributed by atoms with Gasteiger partial charge in [-0.1, -0.05) is 56.6 Å². The molecule has 244 valence electrons. The maximum absolute atomic E-state index is 11.6. The van der Waals surface area contributed by atoms with E-state index in [-0.39, 0.29) is 17.2 Å². The lowest BCUT2D eigenvalue weighted by atomic mass is 9.97. The van der Waals surface area contributed by atoms with Crippen molar-refractivity contribution < 1.29 is 24.5 Å². The average Bonchev–Trinajstić information content (AvgIpc) is 3.40. The first-order valence-electron chi connectivity index (χ1n) is 15.0. The van der Waals surface area contributed by atoms with Crippen molar-refractivity contribution in [2.24, 2.45) is 5.92 Å². The molecular formula is C35H42ClN5O5. The van der Waals surface area contributed by atoms with Crippen molar-refractivity contribution in [3.63, 3.8) is 0 Å². The van der Waals surface area contributed by atoms with Gasteiger partial charge in [0.1, 0.15) is 17.4 Å². The summed E-state index contributed by atoms with van der Waals surface area (Å²) in [6.07, 6.45) is 2.56. The largest absolute Gasteiger partial charge is 0.504 e. The molecule has 0 saturated heterocycles. The Balaban J connectivity index is 0.000000277. The SMILES string of the molecule is C=C(c1ccc(Cl)cc1)c1cc(OC)ccc1-n1c(C)nnc1CC(C)CC.CC(=O)NCCCNC(=O)c1cccc(O)c1O. The zero-order valence-electron chi connectivity index (χ0n) is 26.9. The number of para-hydroxylation sites is 1. The average molecular weight is 648 g/mol. The van der Waals surface area contributed by atoms with E-state index >= 15 is 0 Å². The monoisotopic (exact) mass is 647 g/mol. The lowest BCUT2D eigenvalue weighted by Crippen LogP contribution is -2.28. The molecule has 1 heterocycles. The Morgan fingerprint density at radius 1 is 1.02 bits per heavy atom. The molecular weight excluding hydrogens is 606 g/mol. The van der Waals surface area contributed by atoms with Crippen molar-refractivity contribution in [1.82, 2.24) is 25.4 Å². The number of ether oxygens (including phenoxy) is 1. The van der Waals surface area contributed by atoms with Crippen molar-refractivity contribution in [2.75, 3.05) is 20.2 Å². The summed E-state index contributed by atoms with van der Waals surface area (Å²) in [5, 5.41) is 33.4. The van der Waals surface area contributed by atoms with Gasteiger partial charge in [-0.15, -0.1) is 10.2 Å². The molecule has 1 aromatic heterocycles. The molecule has 0 spiro atoms. The van der Waals surface area contributed by atoms with Crippen LogP contribution in [0.5, 0.6) is 17.2 Å². The number of rotatable bonds is 12. The lowest BCUT2D eigenvalue weighted by molar-refractivity contribution is -0.118. The first-order chi connectivity index (χ1) is 22.0. The highest BCUT2D eigenvalue weighted by atomic mass is 35.5. The van der Waals surface area contributed by atoms with Gasteiger partial charge in [0.2, 0.25) is 5.91 Å². The topological polar surface area (TPSA) is 139 Å². The van der Waals surface area contributed by atoms with Gasteiger partial charge in [0.05, 0.1) is 18.4 Å². The smallest absolute Gasteiger partial charge is 0.255 e. The van der Waals surface area contributed by atoms with E-state index in [0.717, 1.165) is 52.6 Å². The number of nitrogens with one attached hydrogen (secondary N) is 2. The Morgan fingerprint density at radius 3 is 2.37 bits per heavy atom. The predicted octanol–water partition coefficient (Wildman–Crippen LogP) is 6.24. The highest BCUT2D eigenvalue weighted by molar-refractivity contribution is 6.30. The van der Waals surface area contributed by atoms with Gasteiger partial charge in [-0.05, 0) is 72.9 Å². The van der Waals surface area contributed by atoms with Crippen molar-refractivity contribution in [3.8, 4) is 22.9 Å². The molecule has 4 rings (SSSR count). The Labute approximate surface area is 275 Å². The zero-order chi connectivity index (χ0) is 33.8. The fourth-order valence-electron chi connectivity index (χ4n) is 4.56. The van der Waals surface area contributed by atoms with E-state index in [1.165, 1.54) is 25.1 Å². The summed E-state index contributed by atoms with van der Waals surface area (Å²) in [7, 11) is 1.67. The zero-order valence-corrected chi connectivity index (χ0v) is 27.7. The summed E-state index contributed by atoms with van der Waals surface area (Å²) in [4.78, 5) is 22.2. The molecule has 0 bridgehead atoms. The number of carbonyl (C=O) groups excluding carboxylic acids is 2. The third-order valence-electron chi connectivity index (χ3n) is 7.35. The molecule has 46 heavy (non-hydrogen) atoms. The van der Waals surface area contributed by atoms with Crippen LogP contribution < -0.4 is 15.4 Å². The van der Waals surface area contributed by atoms with Crippen LogP contribution in [0.25, 0.3) is 11.3 Å². The Bertz CT molecular complexity index is 1650. The Morgan fingerprint density at radius 2 is 1.72 bits per heavy atom. The molecule has 0 saturated carbocycles. The number of phenolic OH excluding ortho intramolecular Hbond substituents is 2. The minimum absolute atomic E-state index is 0.0227. The van der Waals surface area contributed by atoms with E-state index in [2.05, 4.69) is 45.8 Å². The normalized spacial score (nSPS) is 11.2. The summed E-state index contributed by atoms with van der Waals surface area (Å²) >= 11 is 6.06. The van der Waals surface area contributed by atoms with Crippen LogP contribution in [0.4, 0.5) is 0 Å². The first-order valence-corrected chi connectivity index (χ1v) is 15.4. The van der Waals surface area contributed by atoms with E-state index in [1.807, 2.05) is 49.4 Å². The molecule has 0 aliphatic carbocycles. The van der Waals surface area contributed by atoms with Gasteiger partial charge in [0.15, 0.2) is 11.5 Å². The molecule has 10 nitrogen and oxygen atoms in total. The van der Waals surface area contributed by atoms with E-state index in [4.69, 9.17) is 16.3 Å². The second-order valence-corrected chi connectivity index (χ2v) is 11.3. The van der Waals surface area contributed by atoms with Gasteiger partial charge in [-0.3, -0.25) is 14.2 Å². The fraction of sp³-hybridized carbons (Fsp3) is 0.314. The maximum Gasteiger partial charge on any atom is 0.255 e. The van der Waals surface area contributed by atoms with Gasteiger partial charge in [0.25, 0.3) is 5.91 Å². The number of phenols is 2. The highest BCUT2D eigenvalue weighted by Crippen LogP contribution is 2.33. The van der Waals surface area contributed by atoms with E-state index in [0.29, 0.717) is 30.5 Å². The fourth-order valence-corrected chi connectivity index (χ4v) is 4.68. The number of hydrogen-bond acceptors (Lipinski definition) is 7. The van der Waals surface area contributed by atoms with Gasteiger partial charge < -0.3 is 25.6 Å². The molecule has 4 N–H and O–H groups in total. The van der Waals surface area contributed by atoms with Crippen LogP contribution in [-0.2, 0) is 11.2 Å². The molecule has 0 fully saturated rings. The minimum Gasteiger partial charge on any atom is -0.504 e. The first kappa shape index (κ1) is 35.6. The molecule has 11 heteroatoms. The number of benzene rings is 3. The molecule has 1 unspecified atom stereocenters. The number of amides is 2. The van der Waals surface area contributed by atoms with Crippen molar-refractivity contribution >= 4 is 29.0 Å². The van der Waals surface area contributed by atoms with E-state index < -0.39 is 11.7 Å². The van der Waals surface area contributed by atoms with Crippen LogP contribution in [0.15, 0.2) is 67.2 Å². The molecule has 0 aliphatic heterocycles. The molecule has 0 radical (unpaired) electrons. The Kier molecular flexibility index (Phi) is 13.2. The third kappa shape index (κ3) is 9.58. The second-order valence-electron chi connectivity index (χ2n) is 10.9. The van der Waals surface area contributed by atoms with Crippen LogP contribution in [0, 0.1) is 12.8 Å². The number of carbonyl (C=O) groups is 2. The summed E-state index contributed by atoms with van der Waals surface area (Å²) in [6.45, 7) is 13.0. The van der Waals surface area contributed by atoms with Crippen molar-refractivity contribution in [1.29, 1.82) is 0 Å². The number of hydrogen-bond donors (Lipinski definition) is 4. The van der Waals surface area contributed by atoms with E-state index in [9.17, 15) is 19.8 Å². The quantitative estimate of drug-likeness (QED) is 0.105. The number of aromatic nitrogens is 3. The van der Waals surface area contributed by atoms with Gasteiger partial charge >= 0.3 is 0 Å². The summed E-state index contributed by atoms with van der Waals surface area (Å²) in [6, 6.07) is 17.9. The van der Waals surface area contributed by atoms with Crippen LogP contribution in [0.3, 0.4) is 0 Å². The molecule has 2 amide bonds. The predicted molar refractivity (Wildman–Crippen MR) is 181 cm³/mol. The van der Waals surface area contributed by atoms with Crippen LogP contribution in [0.2, 0.25) is 5.02 Å². The number of nitrogens with zero attached hydrogens (tertiary/aromatic N) is 3. The summed E-state index contributed by atoms with van der Waals surface area (Å²) in [5.74, 6) is 1.78. The van der Waals surface area contributed by atoms with Gasteiger partial charge in [0, 0.05) is 37.0 Å². The van der Waals surface area contributed by atoms with Crippen LogP contribution in [-0.4, -0.2) is 57.0 Å². The minimum atomic E-state index is -0.466. The molecule has 0 aliphatic rings. The van der Waals surface area contributed by atoms with Crippen molar-refractivity contribution in [2.45, 2.75) is 47.0 Å². The third-order valence-corrected chi connectivity index (χ3v) is 7.61. The Hall–Kier alpha value is -4.83. The second kappa shape index (κ2) is 17.0. The molecule has 1 atom stereocenters. The van der Waals surface area contributed by atoms with Gasteiger partial charge in [-0.2, -0.15) is 0 Å². The number of aryl methyl sites for hydroxylation is 1. The maximum atomic E-state index is 11.6. The van der Waals surface area contributed by atoms with Crippen LogP contribution >= 0.6 is 11.6 Å². The number of halogens is 1. The summed E-state index contributed by atoms with van der Waals surface area (Å²) in [5.41, 5.74) is 3.91. The van der Waals surface area contributed by atoms with Gasteiger partial charge in [-0.25, -0.2) is 0 Å². The van der Waals surface area contributed by atoms with Crippen molar-refractivity contribution in [3.05, 3.63) is 101 Å². The number of methoxy groups -OCH3 is 1. The van der Waals surface area contributed by atoms with E-state index in [1.54, 1.807) is 7.11 Å². The standard InChI is InChI=1S/C23H26ClN3O.C12H16N2O4/c1-6-15(2)13-23-26-25-17(4)27(23)22-12-11-20(28-5)14-21(22)16(3)18-7-9-19(24)10-8-18;1-8(15)13-6-3-7-14-12(18)9-4-2-5-10(16)11(9)17/h7-12,14-15H,3,6,13H2,1-2,4-5H3;2,4-5,16-17H,3,6-7H2,1H3,(H,13,15)(H,14,18). The van der Waals surface area contributed by atoms with Crippen LogP contribution in [0.1, 0.15) is 66.7 Å². The number of aromatic hydroxyl groups is 2. The molecule has 4 aromatic rings. The lowest BCUT2D eigenvalue weighted by Gasteiger charge is -2.18. The summed E-state index contributed by atoms with van der Waals surface area (Å²) < 4.78 is 7.60. The molecule has 3 aromatic carbocycles. The highest BCUT2D eigenvalue weighted by Gasteiger charge is 2.19.